The first-order valence-electron chi connectivity index (χ1n) is 6.83. The summed E-state index contributed by atoms with van der Waals surface area (Å²) in [6.07, 6.45) is 1.69. The predicted molar refractivity (Wildman–Crippen MR) is 91.6 cm³/mol. The molecule has 0 aliphatic carbocycles. The van der Waals surface area contributed by atoms with Gasteiger partial charge in [-0.1, -0.05) is 30.3 Å². The van der Waals surface area contributed by atoms with E-state index in [2.05, 4.69) is 22.4 Å². The summed E-state index contributed by atoms with van der Waals surface area (Å²) in [5.74, 6) is 0.244. The minimum absolute atomic E-state index is 0.244. The van der Waals surface area contributed by atoms with Crippen molar-refractivity contribution in [3.8, 4) is 17.0 Å². The van der Waals surface area contributed by atoms with E-state index in [1.165, 1.54) is 0 Å². The third-order valence-corrected chi connectivity index (χ3v) is 3.99. The van der Waals surface area contributed by atoms with Gasteiger partial charge in [-0.2, -0.15) is 5.10 Å². The molecular weight excluding hydrogens is 294 g/mol. The van der Waals surface area contributed by atoms with Crippen LogP contribution in [-0.2, 0) is 0 Å². The van der Waals surface area contributed by atoms with E-state index in [9.17, 15) is 5.11 Å². The van der Waals surface area contributed by atoms with E-state index < -0.39 is 0 Å². The van der Waals surface area contributed by atoms with Crippen molar-refractivity contribution in [3.63, 3.8) is 0 Å². The van der Waals surface area contributed by atoms with Gasteiger partial charge >= 0.3 is 0 Å². The standard InChI is InChI=1S/C17H15N3OS/c1-12-16(14-5-3-2-4-6-14)19-17(22-12)20-18-11-13-7-9-15(21)10-8-13/h2-11,21H,1H3,(H,19,20)/b18-11+. The van der Waals surface area contributed by atoms with Crippen molar-refractivity contribution >= 4 is 22.7 Å². The maximum atomic E-state index is 9.23. The number of aryl methyl sites for hydroxylation is 1. The lowest BCUT2D eigenvalue weighted by atomic mass is 10.1. The Kier molecular flexibility index (Phi) is 4.16. The van der Waals surface area contributed by atoms with Crippen molar-refractivity contribution < 1.29 is 5.11 Å². The fourth-order valence-corrected chi connectivity index (χ4v) is 2.82. The first kappa shape index (κ1) is 14.3. The van der Waals surface area contributed by atoms with E-state index >= 15 is 0 Å². The Hall–Kier alpha value is -2.66. The maximum Gasteiger partial charge on any atom is 0.204 e. The molecular formula is C17H15N3OS. The highest BCUT2D eigenvalue weighted by Crippen LogP contribution is 2.30. The van der Waals surface area contributed by atoms with Gasteiger partial charge in [-0.05, 0) is 36.8 Å². The Bertz CT molecular complexity index is 779. The van der Waals surface area contributed by atoms with E-state index in [-0.39, 0.29) is 5.75 Å². The topological polar surface area (TPSA) is 57.5 Å². The number of aromatic nitrogens is 1. The molecule has 0 radical (unpaired) electrons. The van der Waals surface area contributed by atoms with Crippen LogP contribution in [0.1, 0.15) is 10.4 Å². The number of hydrogen-bond acceptors (Lipinski definition) is 5. The highest BCUT2D eigenvalue weighted by atomic mass is 32.1. The highest BCUT2D eigenvalue weighted by molar-refractivity contribution is 7.15. The number of anilines is 1. The molecule has 0 aliphatic heterocycles. The summed E-state index contributed by atoms with van der Waals surface area (Å²) in [6.45, 7) is 2.05. The first-order valence-corrected chi connectivity index (χ1v) is 7.65. The molecule has 4 nitrogen and oxygen atoms in total. The van der Waals surface area contributed by atoms with Crippen LogP contribution in [0.15, 0.2) is 59.7 Å². The Morgan fingerprint density at radius 3 is 2.55 bits per heavy atom. The minimum Gasteiger partial charge on any atom is -0.508 e. The Morgan fingerprint density at radius 1 is 1.09 bits per heavy atom. The zero-order valence-electron chi connectivity index (χ0n) is 12.0. The zero-order chi connectivity index (χ0) is 15.4. The number of nitrogens with zero attached hydrogens (tertiary/aromatic N) is 2. The van der Waals surface area contributed by atoms with Crippen LogP contribution in [0.25, 0.3) is 11.3 Å². The monoisotopic (exact) mass is 309 g/mol. The van der Waals surface area contributed by atoms with Gasteiger partial charge < -0.3 is 5.11 Å². The third kappa shape index (κ3) is 3.32. The lowest BCUT2D eigenvalue weighted by Crippen LogP contribution is -1.90. The fraction of sp³-hybridized carbons (Fsp3) is 0.0588. The molecule has 22 heavy (non-hydrogen) atoms. The van der Waals surface area contributed by atoms with E-state index in [1.54, 1.807) is 41.8 Å². The van der Waals surface area contributed by atoms with E-state index in [0.717, 1.165) is 26.8 Å². The molecule has 2 N–H and O–H groups in total. The molecule has 1 heterocycles. The van der Waals surface area contributed by atoms with Gasteiger partial charge in [0.05, 0.1) is 11.9 Å². The van der Waals surface area contributed by atoms with Crippen LogP contribution in [0.4, 0.5) is 5.13 Å². The molecule has 0 aliphatic rings. The van der Waals surface area contributed by atoms with Crippen LogP contribution in [0, 0.1) is 6.92 Å². The number of thiazole rings is 1. The van der Waals surface area contributed by atoms with Gasteiger partial charge in [0.2, 0.25) is 5.13 Å². The van der Waals surface area contributed by atoms with Crippen molar-refractivity contribution in [2.75, 3.05) is 5.43 Å². The molecule has 5 heteroatoms. The average molecular weight is 309 g/mol. The summed E-state index contributed by atoms with van der Waals surface area (Å²) in [5, 5.41) is 14.2. The SMILES string of the molecule is Cc1sc(N/N=C/c2ccc(O)cc2)nc1-c1ccccc1. The van der Waals surface area contributed by atoms with E-state index in [4.69, 9.17) is 0 Å². The lowest BCUT2D eigenvalue weighted by molar-refractivity contribution is 0.475. The summed E-state index contributed by atoms with van der Waals surface area (Å²) >= 11 is 1.57. The second-order valence-corrected chi connectivity index (χ2v) is 5.95. The number of phenols is 1. The van der Waals surface area contributed by atoms with Crippen molar-refractivity contribution in [2.45, 2.75) is 6.92 Å². The normalized spacial score (nSPS) is 11.0. The van der Waals surface area contributed by atoms with Gasteiger partial charge in [0, 0.05) is 10.4 Å². The molecule has 0 fully saturated rings. The second kappa shape index (κ2) is 6.41. The highest BCUT2D eigenvalue weighted by Gasteiger charge is 2.08. The number of benzene rings is 2. The van der Waals surface area contributed by atoms with E-state index in [1.807, 2.05) is 30.3 Å². The quantitative estimate of drug-likeness (QED) is 0.559. The molecule has 2 aromatic carbocycles. The summed E-state index contributed by atoms with van der Waals surface area (Å²) in [6, 6.07) is 16.9. The molecule has 110 valence electrons. The molecule has 3 aromatic rings. The molecule has 0 unspecified atom stereocenters. The van der Waals surface area contributed by atoms with Crippen LogP contribution >= 0.6 is 11.3 Å². The third-order valence-electron chi connectivity index (χ3n) is 3.11. The second-order valence-electron chi connectivity index (χ2n) is 4.75. The van der Waals surface area contributed by atoms with Crippen LogP contribution in [0.5, 0.6) is 5.75 Å². The number of rotatable bonds is 4. The average Bonchev–Trinajstić information content (AvgIpc) is 2.91. The molecule has 0 amide bonds. The first-order chi connectivity index (χ1) is 10.7. The Balaban J connectivity index is 1.73. The summed E-state index contributed by atoms with van der Waals surface area (Å²) in [5.41, 5.74) is 5.94. The fourth-order valence-electron chi connectivity index (χ4n) is 2.03. The number of phenolic OH excluding ortho intramolecular Hbond substituents is 1. The zero-order valence-corrected chi connectivity index (χ0v) is 12.8. The molecule has 3 rings (SSSR count). The number of hydrogen-bond donors (Lipinski definition) is 2. The summed E-state index contributed by atoms with van der Waals surface area (Å²) < 4.78 is 0. The maximum absolute atomic E-state index is 9.23. The number of nitrogens with one attached hydrogen (secondary N) is 1. The van der Waals surface area contributed by atoms with Gasteiger partial charge in [-0.3, -0.25) is 5.43 Å². The summed E-state index contributed by atoms with van der Waals surface area (Å²) in [4.78, 5) is 5.73. The molecule has 0 spiro atoms. The number of hydrazone groups is 1. The Labute approximate surface area is 132 Å². The van der Waals surface area contributed by atoms with Gasteiger partial charge in [0.15, 0.2) is 0 Å². The van der Waals surface area contributed by atoms with Crippen molar-refractivity contribution in [2.24, 2.45) is 5.10 Å². The molecule has 0 atom stereocenters. The van der Waals surface area contributed by atoms with Gasteiger partial charge in [0.25, 0.3) is 0 Å². The van der Waals surface area contributed by atoms with Gasteiger partial charge in [-0.15, -0.1) is 11.3 Å². The summed E-state index contributed by atoms with van der Waals surface area (Å²) in [7, 11) is 0. The lowest BCUT2D eigenvalue weighted by Gasteiger charge is -1.97. The van der Waals surface area contributed by atoms with Crippen LogP contribution in [-0.4, -0.2) is 16.3 Å². The van der Waals surface area contributed by atoms with Crippen molar-refractivity contribution in [1.82, 2.24) is 4.98 Å². The molecule has 0 saturated carbocycles. The molecule has 0 saturated heterocycles. The largest absolute Gasteiger partial charge is 0.508 e. The van der Waals surface area contributed by atoms with Gasteiger partial charge in [-0.25, -0.2) is 4.98 Å². The van der Waals surface area contributed by atoms with Crippen LogP contribution in [0.2, 0.25) is 0 Å². The molecule has 1 aromatic heterocycles. The van der Waals surface area contributed by atoms with Crippen molar-refractivity contribution in [3.05, 3.63) is 65.0 Å². The predicted octanol–water partition coefficient (Wildman–Crippen LogP) is 4.27. The van der Waals surface area contributed by atoms with Crippen LogP contribution < -0.4 is 5.43 Å². The number of aromatic hydroxyl groups is 1. The van der Waals surface area contributed by atoms with Crippen molar-refractivity contribution in [1.29, 1.82) is 0 Å². The van der Waals surface area contributed by atoms with Gasteiger partial charge in [0.1, 0.15) is 5.75 Å². The minimum atomic E-state index is 0.244. The smallest absolute Gasteiger partial charge is 0.204 e. The molecule has 0 bridgehead atoms. The van der Waals surface area contributed by atoms with E-state index in [0.29, 0.717) is 0 Å². The van der Waals surface area contributed by atoms with Crippen LogP contribution in [0.3, 0.4) is 0 Å². The Morgan fingerprint density at radius 2 is 1.82 bits per heavy atom.